The Morgan fingerprint density at radius 3 is 2.89 bits per heavy atom. The van der Waals surface area contributed by atoms with Crippen LogP contribution < -0.4 is 5.32 Å². The van der Waals surface area contributed by atoms with Crippen molar-refractivity contribution in [3.63, 3.8) is 0 Å². The zero-order valence-corrected chi connectivity index (χ0v) is 10.6. The van der Waals surface area contributed by atoms with E-state index in [1.165, 1.54) is 12.0 Å². The molecule has 1 aliphatic rings. The highest BCUT2D eigenvalue weighted by Gasteiger charge is 2.20. The number of rotatable bonds is 7. The van der Waals surface area contributed by atoms with Gasteiger partial charge in [-0.25, -0.2) is 4.79 Å². The first-order chi connectivity index (χ1) is 8.63. The Hall–Kier alpha value is -1.34. The Bertz CT molecular complexity index is 279. The van der Waals surface area contributed by atoms with Crippen molar-refractivity contribution in [2.24, 2.45) is 0 Å². The van der Waals surface area contributed by atoms with Crippen LogP contribution in [0.1, 0.15) is 12.8 Å². The van der Waals surface area contributed by atoms with E-state index in [1.807, 2.05) is 0 Å². The van der Waals surface area contributed by atoms with Gasteiger partial charge in [-0.05, 0) is 12.8 Å². The fraction of sp³-hybridized carbons (Fsp3) is 0.818. The van der Waals surface area contributed by atoms with E-state index in [2.05, 4.69) is 5.32 Å². The van der Waals surface area contributed by atoms with Gasteiger partial charge in [0.15, 0.2) is 0 Å². The Kier molecular flexibility index (Phi) is 6.45. The van der Waals surface area contributed by atoms with E-state index in [0.717, 1.165) is 19.4 Å². The number of hydrogen-bond donors (Lipinski definition) is 2. The Morgan fingerprint density at radius 1 is 1.56 bits per heavy atom. The predicted molar refractivity (Wildman–Crippen MR) is 63.5 cm³/mol. The summed E-state index contributed by atoms with van der Waals surface area (Å²) in [5.74, 6) is -1.04. The van der Waals surface area contributed by atoms with E-state index >= 15 is 0 Å². The first-order valence-corrected chi connectivity index (χ1v) is 5.98. The number of amides is 2. The van der Waals surface area contributed by atoms with Crippen molar-refractivity contribution >= 4 is 12.0 Å². The summed E-state index contributed by atoms with van der Waals surface area (Å²) in [6.07, 6.45) is 1.98. The molecule has 7 heteroatoms. The summed E-state index contributed by atoms with van der Waals surface area (Å²) in [5.41, 5.74) is 0. The van der Waals surface area contributed by atoms with E-state index in [9.17, 15) is 9.59 Å². The molecule has 1 heterocycles. The highest BCUT2D eigenvalue weighted by molar-refractivity contribution is 5.80. The molecule has 0 radical (unpaired) electrons. The summed E-state index contributed by atoms with van der Waals surface area (Å²) in [6.45, 7) is 1.37. The lowest BCUT2D eigenvalue weighted by Crippen LogP contribution is -2.46. The highest BCUT2D eigenvalue weighted by Crippen LogP contribution is 2.10. The van der Waals surface area contributed by atoms with E-state index in [4.69, 9.17) is 14.6 Å². The molecule has 1 aliphatic heterocycles. The van der Waals surface area contributed by atoms with Gasteiger partial charge in [0.25, 0.3) is 0 Å². The number of nitrogens with one attached hydrogen (secondary N) is 1. The third kappa shape index (κ3) is 5.33. The van der Waals surface area contributed by atoms with E-state index in [-0.39, 0.29) is 19.2 Å². The molecule has 0 aromatic carbocycles. The molecule has 1 saturated heterocycles. The number of carboxylic acid groups (broad SMARTS) is 1. The molecule has 7 nitrogen and oxygen atoms in total. The van der Waals surface area contributed by atoms with Gasteiger partial charge < -0.3 is 24.8 Å². The second-order valence-electron chi connectivity index (χ2n) is 4.13. The smallest absolute Gasteiger partial charge is 0.323 e. The normalized spacial score (nSPS) is 18.6. The van der Waals surface area contributed by atoms with Gasteiger partial charge >= 0.3 is 12.0 Å². The summed E-state index contributed by atoms with van der Waals surface area (Å²) in [4.78, 5) is 23.6. The maximum atomic E-state index is 11.8. The molecule has 2 N–H and O–H groups in total. The van der Waals surface area contributed by atoms with Crippen molar-refractivity contribution in [1.82, 2.24) is 10.2 Å². The van der Waals surface area contributed by atoms with Crippen LogP contribution in [0.4, 0.5) is 4.79 Å². The number of ether oxygens (including phenoxy) is 2. The number of nitrogens with zero attached hydrogens (tertiary/aromatic N) is 1. The molecule has 1 unspecified atom stereocenters. The SMILES string of the molecule is COCCN(CC(=O)O)C(=O)NCC1CCCO1. The molecule has 0 aromatic heterocycles. The van der Waals surface area contributed by atoms with Crippen LogP contribution >= 0.6 is 0 Å². The van der Waals surface area contributed by atoms with Crippen LogP contribution in [0.5, 0.6) is 0 Å². The lowest BCUT2D eigenvalue weighted by Gasteiger charge is -2.21. The van der Waals surface area contributed by atoms with Crippen molar-refractivity contribution < 1.29 is 24.2 Å². The molecule has 0 aliphatic carbocycles. The first kappa shape index (κ1) is 14.7. The van der Waals surface area contributed by atoms with Crippen molar-refractivity contribution in [2.45, 2.75) is 18.9 Å². The second kappa shape index (κ2) is 7.88. The second-order valence-corrected chi connectivity index (χ2v) is 4.13. The Labute approximate surface area is 106 Å². The predicted octanol–water partition coefficient (Wildman–Crippen LogP) is -0.0920. The molecule has 1 rings (SSSR count). The average Bonchev–Trinajstić information content (AvgIpc) is 2.84. The van der Waals surface area contributed by atoms with Crippen LogP contribution in [0.25, 0.3) is 0 Å². The lowest BCUT2D eigenvalue weighted by atomic mass is 10.2. The molecule has 0 aromatic rings. The Morgan fingerprint density at radius 2 is 2.33 bits per heavy atom. The minimum Gasteiger partial charge on any atom is -0.480 e. The summed E-state index contributed by atoms with van der Waals surface area (Å²) in [6, 6.07) is -0.398. The van der Waals surface area contributed by atoms with Gasteiger partial charge in [0.2, 0.25) is 0 Å². The van der Waals surface area contributed by atoms with Crippen molar-refractivity contribution in [2.75, 3.05) is 40.0 Å². The minimum atomic E-state index is -1.04. The van der Waals surface area contributed by atoms with Gasteiger partial charge in [-0.15, -0.1) is 0 Å². The summed E-state index contributed by atoms with van der Waals surface area (Å²) < 4.78 is 10.2. The van der Waals surface area contributed by atoms with Crippen molar-refractivity contribution in [1.29, 1.82) is 0 Å². The zero-order valence-electron chi connectivity index (χ0n) is 10.6. The number of carbonyl (C=O) groups is 2. The summed E-state index contributed by atoms with van der Waals surface area (Å²) in [7, 11) is 1.50. The Balaban J connectivity index is 2.34. The standard InChI is InChI=1S/C11H20N2O5/c1-17-6-4-13(8-10(14)15)11(16)12-7-9-3-2-5-18-9/h9H,2-8H2,1H3,(H,12,16)(H,14,15). The van der Waals surface area contributed by atoms with Gasteiger partial charge in [-0.1, -0.05) is 0 Å². The molecule has 2 amide bonds. The average molecular weight is 260 g/mol. The molecule has 0 saturated carbocycles. The maximum absolute atomic E-state index is 11.8. The van der Waals surface area contributed by atoms with Crippen LogP contribution in [0.15, 0.2) is 0 Å². The van der Waals surface area contributed by atoms with Crippen molar-refractivity contribution in [3.8, 4) is 0 Å². The number of hydrogen-bond acceptors (Lipinski definition) is 4. The number of carbonyl (C=O) groups excluding carboxylic acids is 1. The van der Waals surface area contributed by atoms with Crippen LogP contribution in [0.3, 0.4) is 0 Å². The topological polar surface area (TPSA) is 88.1 Å². The molecule has 1 atom stereocenters. The largest absolute Gasteiger partial charge is 0.480 e. The van der Waals surface area contributed by atoms with E-state index < -0.39 is 12.0 Å². The molecular weight excluding hydrogens is 240 g/mol. The van der Waals surface area contributed by atoms with Crippen LogP contribution in [0.2, 0.25) is 0 Å². The summed E-state index contributed by atoms with van der Waals surface area (Å²) in [5, 5.41) is 11.4. The lowest BCUT2D eigenvalue weighted by molar-refractivity contribution is -0.137. The number of methoxy groups -OCH3 is 1. The van der Waals surface area contributed by atoms with Gasteiger partial charge in [0.05, 0.1) is 12.7 Å². The van der Waals surface area contributed by atoms with Gasteiger partial charge in [-0.2, -0.15) is 0 Å². The van der Waals surface area contributed by atoms with Crippen LogP contribution in [0, 0.1) is 0 Å². The molecule has 1 fully saturated rings. The zero-order chi connectivity index (χ0) is 13.4. The molecule has 18 heavy (non-hydrogen) atoms. The third-order valence-electron chi connectivity index (χ3n) is 2.68. The molecule has 0 bridgehead atoms. The monoisotopic (exact) mass is 260 g/mol. The van der Waals surface area contributed by atoms with Gasteiger partial charge in [0.1, 0.15) is 6.54 Å². The molecule has 0 spiro atoms. The van der Waals surface area contributed by atoms with E-state index in [1.54, 1.807) is 0 Å². The van der Waals surface area contributed by atoms with Crippen LogP contribution in [-0.2, 0) is 14.3 Å². The summed E-state index contributed by atoms with van der Waals surface area (Å²) >= 11 is 0. The number of aliphatic carboxylic acids is 1. The van der Waals surface area contributed by atoms with Gasteiger partial charge in [0, 0.05) is 26.8 Å². The number of carboxylic acids is 1. The molecular formula is C11H20N2O5. The fourth-order valence-electron chi connectivity index (χ4n) is 1.74. The first-order valence-electron chi connectivity index (χ1n) is 5.98. The quantitative estimate of drug-likeness (QED) is 0.668. The van der Waals surface area contributed by atoms with Gasteiger partial charge in [-0.3, -0.25) is 4.79 Å². The number of urea groups is 1. The minimum absolute atomic E-state index is 0.0445. The fourth-order valence-corrected chi connectivity index (χ4v) is 1.74. The van der Waals surface area contributed by atoms with Crippen molar-refractivity contribution in [3.05, 3.63) is 0 Å². The highest BCUT2D eigenvalue weighted by atomic mass is 16.5. The third-order valence-corrected chi connectivity index (χ3v) is 2.68. The molecule has 104 valence electrons. The van der Waals surface area contributed by atoms with E-state index in [0.29, 0.717) is 13.2 Å². The maximum Gasteiger partial charge on any atom is 0.323 e. The van der Waals surface area contributed by atoms with Crippen LogP contribution in [-0.4, -0.2) is 68.1 Å².